The molecule has 0 N–H and O–H groups in total. The van der Waals surface area contributed by atoms with Crippen molar-refractivity contribution in [2.75, 3.05) is 7.11 Å². The predicted octanol–water partition coefficient (Wildman–Crippen LogP) is 3.55. The molecule has 1 heterocycles. The summed E-state index contributed by atoms with van der Waals surface area (Å²) in [5, 5.41) is 0. The van der Waals surface area contributed by atoms with E-state index in [4.69, 9.17) is 21.1 Å². The lowest BCUT2D eigenvalue weighted by atomic mass is 10.2. The highest BCUT2D eigenvalue weighted by atomic mass is 35.5. The van der Waals surface area contributed by atoms with Crippen molar-refractivity contribution >= 4 is 11.6 Å². The smallest absolute Gasteiger partial charge is 0.161 e. The van der Waals surface area contributed by atoms with Crippen LogP contribution < -0.4 is 9.47 Å². The van der Waals surface area contributed by atoms with Crippen LogP contribution >= 0.6 is 11.6 Å². The van der Waals surface area contributed by atoms with E-state index in [0.717, 1.165) is 11.8 Å². The predicted molar refractivity (Wildman–Crippen MR) is 71.1 cm³/mol. The Morgan fingerprint density at radius 3 is 2.68 bits per heavy atom. The van der Waals surface area contributed by atoms with Crippen LogP contribution in [0.2, 0.25) is 0 Å². The minimum absolute atomic E-state index is 0.215. The summed E-state index contributed by atoms with van der Waals surface area (Å²) in [5.74, 6) is 1.19. The van der Waals surface area contributed by atoms with Crippen molar-refractivity contribution in [3.8, 4) is 11.5 Å². The van der Waals surface area contributed by atoms with Gasteiger partial charge in [-0.25, -0.2) is 4.39 Å². The molecule has 2 aromatic rings. The Balaban J connectivity index is 2.14. The van der Waals surface area contributed by atoms with Gasteiger partial charge in [-0.05, 0) is 23.8 Å². The molecular formula is C14H13ClFNO2. The fourth-order valence-electron chi connectivity index (χ4n) is 1.61. The van der Waals surface area contributed by atoms with Crippen LogP contribution in [-0.4, -0.2) is 12.1 Å². The molecule has 2 rings (SSSR count). The summed E-state index contributed by atoms with van der Waals surface area (Å²) in [6.45, 7) is 0.215. The van der Waals surface area contributed by atoms with Crippen molar-refractivity contribution < 1.29 is 13.9 Å². The Kier molecular flexibility index (Phi) is 4.58. The Morgan fingerprint density at radius 2 is 2.00 bits per heavy atom. The number of pyridine rings is 1. The van der Waals surface area contributed by atoms with Crippen LogP contribution in [0, 0.1) is 5.82 Å². The Labute approximate surface area is 115 Å². The van der Waals surface area contributed by atoms with Gasteiger partial charge < -0.3 is 9.47 Å². The van der Waals surface area contributed by atoms with E-state index < -0.39 is 0 Å². The van der Waals surface area contributed by atoms with Gasteiger partial charge >= 0.3 is 0 Å². The van der Waals surface area contributed by atoms with Gasteiger partial charge in [-0.3, -0.25) is 4.98 Å². The van der Waals surface area contributed by atoms with Gasteiger partial charge in [0.15, 0.2) is 11.5 Å². The molecule has 1 aromatic carbocycles. The Hall–Kier alpha value is -1.81. The van der Waals surface area contributed by atoms with Gasteiger partial charge in [-0.2, -0.15) is 0 Å². The average molecular weight is 282 g/mol. The highest BCUT2D eigenvalue weighted by molar-refractivity contribution is 6.17. The molecule has 0 amide bonds. The zero-order chi connectivity index (χ0) is 13.7. The van der Waals surface area contributed by atoms with Crippen molar-refractivity contribution in [1.29, 1.82) is 0 Å². The first-order chi connectivity index (χ1) is 9.22. The first-order valence-corrected chi connectivity index (χ1v) is 6.21. The van der Waals surface area contributed by atoms with E-state index in [1.807, 2.05) is 6.07 Å². The summed E-state index contributed by atoms with van der Waals surface area (Å²) in [5.41, 5.74) is 1.58. The minimum Gasteiger partial charge on any atom is -0.493 e. The Morgan fingerprint density at radius 1 is 1.16 bits per heavy atom. The van der Waals surface area contributed by atoms with Gasteiger partial charge in [-0.15, -0.1) is 11.6 Å². The lowest BCUT2D eigenvalue weighted by Crippen LogP contribution is -1.99. The standard InChI is InChI=1S/C14H13ClFNO2/c1-18-13-3-2-10(6-15)5-14(13)19-9-11-4-12(16)8-17-7-11/h2-5,7-8H,6,9H2,1H3. The highest BCUT2D eigenvalue weighted by Crippen LogP contribution is 2.29. The summed E-state index contributed by atoms with van der Waals surface area (Å²) in [6.07, 6.45) is 2.71. The van der Waals surface area contributed by atoms with Gasteiger partial charge in [-0.1, -0.05) is 6.07 Å². The van der Waals surface area contributed by atoms with Crippen LogP contribution in [0.4, 0.5) is 4.39 Å². The molecule has 0 saturated heterocycles. The van der Waals surface area contributed by atoms with E-state index in [2.05, 4.69) is 4.98 Å². The molecule has 5 heteroatoms. The zero-order valence-corrected chi connectivity index (χ0v) is 11.2. The number of hydrogen-bond donors (Lipinski definition) is 0. The summed E-state index contributed by atoms with van der Waals surface area (Å²) in [4.78, 5) is 3.77. The normalized spacial score (nSPS) is 10.3. The second-order valence-electron chi connectivity index (χ2n) is 3.92. The third kappa shape index (κ3) is 3.58. The second-order valence-corrected chi connectivity index (χ2v) is 4.19. The lowest BCUT2D eigenvalue weighted by molar-refractivity contribution is 0.283. The van der Waals surface area contributed by atoms with Crippen molar-refractivity contribution in [2.45, 2.75) is 12.5 Å². The van der Waals surface area contributed by atoms with Gasteiger partial charge in [0.25, 0.3) is 0 Å². The van der Waals surface area contributed by atoms with Crippen LogP contribution in [0.1, 0.15) is 11.1 Å². The molecule has 0 atom stereocenters. The molecule has 0 saturated carbocycles. The van der Waals surface area contributed by atoms with E-state index in [-0.39, 0.29) is 12.4 Å². The monoisotopic (exact) mass is 281 g/mol. The summed E-state index contributed by atoms with van der Waals surface area (Å²) in [7, 11) is 1.56. The van der Waals surface area contributed by atoms with E-state index in [1.54, 1.807) is 25.4 Å². The quantitative estimate of drug-likeness (QED) is 0.786. The number of rotatable bonds is 5. The van der Waals surface area contributed by atoms with Crippen LogP contribution in [-0.2, 0) is 12.5 Å². The van der Waals surface area contributed by atoms with Crippen LogP contribution in [0.15, 0.2) is 36.7 Å². The van der Waals surface area contributed by atoms with Gasteiger partial charge in [0.05, 0.1) is 13.3 Å². The lowest BCUT2D eigenvalue weighted by Gasteiger charge is -2.11. The fraction of sp³-hybridized carbons (Fsp3) is 0.214. The number of ether oxygens (including phenoxy) is 2. The molecule has 0 aliphatic carbocycles. The van der Waals surface area contributed by atoms with Crippen LogP contribution in [0.5, 0.6) is 11.5 Å². The first-order valence-electron chi connectivity index (χ1n) is 5.68. The van der Waals surface area contributed by atoms with E-state index >= 15 is 0 Å². The average Bonchev–Trinajstić information content (AvgIpc) is 2.45. The maximum absolute atomic E-state index is 13.0. The number of benzene rings is 1. The topological polar surface area (TPSA) is 31.4 Å². The molecule has 0 aliphatic heterocycles. The van der Waals surface area contributed by atoms with Crippen molar-refractivity contribution in [3.63, 3.8) is 0 Å². The van der Waals surface area contributed by atoms with Crippen LogP contribution in [0.25, 0.3) is 0 Å². The molecule has 3 nitrogen and oxygen atoms in total. The van der Waals surface area contributed by atoms with Crippen LogP contribution in [0.3, 0.4) is 0 Å². The molecule has 0 unspecified atom stereocenters. The third-order valence-electron chi connectivity index (χ3n) is 2.54. The number of methoxy groups -OCH3 is 1. The van der Waals surface area contributed by atoms with Gasteiger partial charge in [0.2, 0.25) is 0 Å². The second kappa shape index (κ2) is 6.38. The number of nitrogens with zero attached hydrogens (tertiary/aromatic N) is 1. The molecule has 1 aromatic heterocycles. The number of alkyl halides is 1. The molecule has 0 radical (unpaired) electrons. The Bertz CT molecular complexity index is 563. The fourth-order valence-corrected chi connectivity index (χ4v) is 1.78. The summed E-state index contributed by atoms with van der Waals surface area (Å²) < 4.78 is 23.8. The third-order valence-corrected chi connectivity index (χ3v) is 2.85. The maximum Gasteiger partial charge on any atom is 0.161 e. The summed E-state index contributed by atoms with van der Waals surface area (Å²) in [6, 6.07) is 6.84. The molecule has 0 aliphatic rings. The van der Waals surface area contributed by atoms with Gasteiger partial charge in [0, 0.05) is 17.6 Å². The molecule has 100 valence electrons. The molecule has 0 bridgehead atoms. The molecule has 0 fully saturated rings. The molecular weight excluding hydrogens is 269 g/mol. The maximum atomic E-state index is 13.0. The van der Waals surface area contributed by atoms with Gasteiger partial charge in [0.1, 0.15) is 12.4 Å². The number of hydrogen-bond acceptors (Lipinski definition) is 3. The zero-order valence-electron chi connectivity index (χ0n) is 10.4. The van der Waals surface area contributed by atoms with Crippen molar-refractivity contribution in [2.24, 2.45) is 0 Å². The number of halogens is 2. The number of aromatic nitrogens is 1. The minimum atomic E-state index is -0.387. The van der Waals surface area contributed by atoms with Crippen molar-refractivity contribution in [1.82, 2.24) is 4.98 Å². The first kappa shape index (κ1) is 13.6. The van der Waals surface area contributed by atoms with E-state index in [1.165, 1.54) is 6.07 Å². The van der Waals surface area contributed by atoms with Crippen molar-refractivity contribution in [3.05, 3.63) is 53.6 Å². The molecule has 19 heavy (non-hydrogen) atoms. The molecule has 0 spiro atoms. The highest BCUT2D eigenvalue weighted by Gasteiger charge is 2.06. The summed E-state index contributed by atoms with van der Waals surface area (Å²) >= 11 is 5.78. The van der Waals surface area contributed by atoms with E-state index in [0.29, 0.717) is 22.9 Å². The van der Waals surface area contributed by atoms with E-state index in [9.17, 15) is 4.39 Å². The SMILES string of the molecule is COc1ccc(CCl)cc1OCc1cncc(F)c1. The largest absolute Gasteiger partial charge is 0.493 e.